The monoisotopic (exact) mass is 342 g/mol. The van der Waals surface area contributed by atoms with Crippen molar-refractivity contribution < 1.29 is 9.13 Å². The van der Waals surface area contributed by atoms with E-state index in [1.807, 2.05) is 12.3 Å². The van der Waals surface area contributed by atoms with E-state index in [9.17, 15) is 4.39 Å². The SMILES string of the molecule is COCCNCc1cn(Cc2cc(F)cc(Br)c2)nn1. The van der Waals surface area contributed by atoms with E-state index in [0.29, 0.717) is 24.2 Å². The molecule has 0 aliphatic heterocycles. The second kappa shape index (κ2) is 7.47. The van der Waals surface area contributed by atoms with Crippen LogP contribution in [0.15, 0.2) is 28.9 Å². The molecule has 0 aliphatic carbocycles. The average molecular weight is 343 g/mol. The average Bonchev–Trinajstić information content (AvgIpc) is 2.81. The number of ether oxygens (including phenoxy) is 1. The van der Waals surface area contributed by atoms with Gasteiger partial charge in [-0.05, 0) is 23.8 Å². The zero-order valence-electron chi connectivity index (χ0n) is 11.1. The first-order valence-electron chi connectivity index (χ1n) is 6.21. The van der Waals surface area contributed by atoms with Gasteiger partial charge >= 0.3 is 0 Å². The largest absolute Gasteiger partial charge is 0.383 e. The van der Waals surface area contributed by atoms with Crippen LogP contribution in [0, 0.1) is 5.82 Å². The third-order valence-corrected chi connectivity index (χ3v) is 3.10. The highest BCUT2D eigenvalue weighted by Gasteiger charge is 2.04. The lowest BCUT2D eigenvalue weighted by Gasteiger charge is -2.02. The second-order valence-electron chi connectivity index (χ2n) is 4.35. The highest BCUT2D eigenvalue weighted by atomic mass is 79.9. The summed E-state index contributed by atoms with van der Waals surface area (Å²) >= 11 is 3.27. The van der Waals surface area contributed by atoms with Gasteiger partial charge < -0.3 is 10.1 Å². The van der Waals surface area contributed by atoms with Crippen LogP contribution in [0.2, 0.25) is 0 Å². The molecule has 2 rings (SSSR count). The second-order valence-corrected chi connectivity index (χ2v) is 5.27. The lowest BCUT2D eigenvalue weighted by atomic mass is 10.2. The summed E-state index contributed by atoms with van der Waals surface area (Å²) < 4.78 is 20.6. The Morgan fingerprint density at radius 2 is 2.25 bits per heavy atom. The Labute approximate surface area is 125 Å². The molecule has 1 aromatic heterocycles. The highest BCUT2D eigenvalue weighted by molar-refractivity contribution is 9.10. The first-order valence-corrected chi connectivity index (χ1v) is 7.00. The quantitative estimate of drug-likeness (QED) is 0.781. The van der Waals surface area contributed by atoms with Gasteiger partial charge in [0, 0.05) is 24.7 Å². The number of methoxy groups -OCH3 is 1. The van der Waals surface area contributed by atoms with E-state index in [0.717, 1.165) is 17.8 Å². The van der Waals surface area contributed by atoms with Gasteiger partial charge in [-0.1, -0.05) is 21.1 Å². The maximum atomic E-state index is 13.3. The van der Waals surface area contributed by atoms with Crippen LogP contribution in [0.25, 0.3) is 0 Å². The summed E-state index contributed by atoms with van der Waals surface area (Å²) in [5.41, 5.74) is 1.68. The standard InChI is InChI=1S/C13H16BrFN4O/c1-20-3-2-16-7-13-9-19(18-17-13)8-10-4-11(14)6-12(15)5-10/h4-6,9,16H,2-3,7-8H2,1H3. The molecule has 7 heteroatoms. The minimum atomic E-state index is -0.268. The van der Waals surface area contributed by atoms with Gasteiger partial charge in [0.05, 0.1) is 25.0 Å². The molecule has 0 saturated heterocycles. The number of halogens is 2. The van der Waals surface area contributed by atoms with Crippen LogP contribution in [-0.2, 0) is 17.8 Å². The number of benzene rings is 1. The minimum Gasteiger partial charge on any atom is -0.383 e. The van der Waals surface area contributed by atoms with E-state index in [-0.39, 0.29) is 5.82 Å². The minimum absolute atomic E-state index is 0.268. The van der Waals surface area contributed by atoms with Crippen LogP contribution < -0.4 is 5.32 Å². The van der Waals surface area contributed by atoms with E-state index < -0.39 is 0 Å². The topological polar surface area (TPSA) is 52.0 Å². The van der Waals surface area contributed by atoms with E-state index in [4.69, 9.17) is 4.74 Å². The summed E-state index contributed by atoms with van der Waals surface area (Å²) in [6, 6.07) is 4.78. The van der Waals surface area contributed by atoms with Crippen molar-refractivity contribution in [1.29, 1.82) is 0 Å². The molecule has 0 bridgehead atoms. The van der Waals surface area contributed by atoms with Gasteiger partial charge in [-0.15, -0.1) is 5.10 Å². The predicted molar refractivity (Wildman–Crippen MR) is 76.8 cm³/mol. The van der Waals surface area contributed by atoms with E-state index in [2.05, 4.69) is 31.6 Å². The molecule has 5 nitrogen and oxygen atoms in total. The molecule has 108 valence electrons. The van der Waals surface area contributed by atoms with Crippen molar-refractivity contribution in [2.24, 2.45) is 0 Å². The summed E-state index contributed by atoms with van der Waals surface area (Å²) in [6.07, 6.45) is 1.85. The van der Waals surface area contributed by atoms with Crippen LogP contribution in [0.3, 0.4) is 0 Å². The molecule has 0 saturated carbocycles. The van der Waals surface area contributed by atoms with E-state index in [1.165, 1.54) is 12.1 Å². The lowest BCUT2D eigenvalue weighted by molar-refractivity contribution is 0.199. The molecule has 0 atom stereocenters. The molecule has 1 N–H and O–H groups in total. The van der Waals surface area contributed by atoms with Gasteiger partial charge in [0.15, 0.2) is 0 Å². The molecule has 0 unspecified atom stereocenters. The van der Waals surface area contributed by atoms with Crippen molar-refractivity contribution in [3.8, 4) is 0 Å². The normalized spacial score (nSPS) is 10.9. The number of rotatable bonds is 7. The molecular weight excluding hydrogens is 327 g/mol. The summed E-state index contributed by atoms with van der Waals surface area (Å²) in [5.74, 6) is -0.268. The number of nitrogens with zero attached hydrogens (tertiary/aromatic N) is 3. The summed E-state index contributed by atoms with van der Waals surface area (Å²) in [4.78, 5) is 0. The first-order chi connectivity index (χ1) is 9.67. The summed E-state index contributed by atoms with van der Waals surface area (Å²) in [6.45, 7) is 2.54. The maximum absolute atomic E-state index is 13.3. The molecule has 1 aromatic carbocycles. The van der Waals surface area contributed by atoms with Crippen LogP contribution >= 0.6 is 15.9 Å². The Hall–Kier alpha value is -1.31. The summed E-state index contributed by atoms with van der Waals surface area (Å²) in [5, 5.41) is 11.3. The Balaban J connectivity index is 1.92. The van der Waals surface area contributed by atoms with Crippen LogP contribution in [0.1, 0.15) is 11.3 Å². The Morgan fingerprint density at radius 3 is 3.00 bits per heavy atom. The Kier molecular flexibility index (Phi) is 5.63. The molecule has 2 aromatic rings. The zero-order chi connectivity index (χ0) is 14.4. The van der Waals surface area contributed by atoms with Crippen molar-refractivity contribution in [3.63, 3.8) is 0 Å². The third-order valence-electron chi connectivity index (χ3n) is 2.64. The van der Waals surface area contributed by atoms with Crippen molar-refractivity contribution >= 4 is 15.9 Å². The molecule has 0 radical (unpaired) electrons. The van der Waals surface area contributed by atoms with Gasteiger partial charge in [0.1, 0.15) is 5.82 Å². The molecule has 0 amide bonds. The van der Waals surface area contributed by atoms with Gasteiger partial charge in [-0.3, -0.25) is 0 Å². The number of hydrogen-bond donors (Lipinski definition) is 1. The fourth-order valence-corrected chi connectivity index (χ4v) is 2.29. The molecule has 1 heterocycles. The van der Waals surface area contributed by atoms with Crippen molar-refractivity contribution in [1.82, 2.24) is 20.3 Å². The third kappa shape index (κ3) is 4.66. The van der Waals surface area contributed by atoms with Gasteiger partial charge in [-0.2, -0.15) is 0 Å². The van der Waals surface area contributed by atoms with Crippen molar-refractivity contribution in [2.45, 2.75) is 13.1 Å². The molecule has 0 spiro atoms. The van der Waals surface area contributed by atoms with Gasteiger partial charge in [0.25, 0.3) is 0 Å². The van der Waals surface area contributed by atoms with Crippen LogP contribution in [0.4, 0.5) is 4.39 Å². The Bertz CT molecular complexity index is 541. The number of nitrogens with one attached hydrogen (secondary N) is 1. The molecule has 0 aliphatic rings. The fourth-order valence-electron chi connectivity index (χ4n) is 1.78. The van der Waals surface area contributed by atoms with Gasteiger partial charge in [0.2, 0.25) is 0 Å². The molecule has 20 heavy (non-hydrogen) atoms. The Morgan fingerprint density at radius 1 is 1.40 bits per heavy atom. The lowest BCUT2D eigenvalue weighted by Crippen LogP contribution is -2.18. The zero-order valence-corrected chi connectivity index (χ0v) is 12.7. The van der Waals surface area contributed by atoms with Crippen molar-refractivity contribution in [3.05, 3.63) is 45.9 Å². The highest BCUT2D eigenvalue weighted by Crippen LogP contribution is 2.15. The molecule has 0 fully saturated rings. The predicted octanol–water partition coefficient (Wildman–Crippen LogP) is 1.96. The van der Waals surface area contributed by atoms with E-state index in [1.54, 1.807) is 11.8 Å². The van der Waals surface area contributed by atoms with Crippen molar-refractivity contribution in [2.75, 3.05) is 20.3 Å². The van der Waals surface area contributed by atoms with Gasteiger partial charge in [-0.25, -0.2) is 9.07 Å². The van der Waals surface area contributed by atoms with E-state index >= 15 is 0 Å². The maximum Gasteiger partial charge on any atom is 0.124 e. The first kappa shape index (κ1) is 15.1. The fraction of sp³-hybridized carbons (Fsp3) is 0.385. The smallest absolute Gasteiger partial charge is 0.124 e. The molecular formula is C13H16BrFN4O. The summed E-state index contributed by atoms with van der Waals surface area (Å²) in [7, 11) is 1.66. The van der Waals surface area contributed by atoms with Crippen LogP contribution in [0.5, 0.6) is 0 Å². The van der Waals surface area contributed by atoms with Crippen LogP contribution in [-0.4, -0.2) is 35.3 Å². The number of hydrogen-bond acceptors (Lipinski definition) is 4. The number of aromatic nitrogens is 3.